The third kappa shape index (κ3) is 6.62. The summed E-state index contributed by atoms with van der Waals surface area (Å²) in [6.07, 6.45) is 3.69. The summed E-state index contributed by atoms with van der Waals surface area (Å²) in [4.78, 5) is 31.9. The van der Waals surface area contributed by atoms with Gasteiger partial charge in [-0.3, -0.25) is 9.89 Å². The van der Waals surface area contributed by atoms with E-state index < -0.39 is 6.09 Å². The quantitative estimate of drug-likeness (QED) is 0.220. The number of alkyl carbamates (subject to hydrolysis) is 1. The molecule has 188 valence electrons. The van der Waals surface area contributed by atoms with Gasteiger partial charge in [0, 0.05) is 24.0 Å². The third-order valence-electron chi connectivity index (χ3n) is 5.45. The monoisotopic (exact) mass is 490 g/mol. The highest BCUT2D eigenvalue weighted by Crippen LogP contribution is 2.25. The number of aromatic amines is 2. The zero-order valence-electron chi connectivity index (χ0n) is 20.2. The van der Waals surface area contributed by atoms with Crippen LogP contribution in [-0.4, -0.2) is 51.9 Å². The number of para-hydroxylation sites is 1. The number of hydrogen-bond acceptors (Lipinski definition) is 6. The van der Waals surface area contributed by atoms with Crippen LogP contribution < -0.4 is 15.4 Å². The Balaban J connectivity index is 1.31. The maximum atomic E-state index is 12.7. The number of rotatable bonds is 12. The highest BCUT2D eigenvalue weighted by Gasteiger charge is 2.15. The number of fused-ring (bicyclic) bond motifs is 1. The molecule has 36 heavy (non-hydrogen) atoms. The van der Waals surface area contributed by atoms with E-state index >= 15 is 0 Å². The SMILES string of the molecule is CCCCOC(=O)NCCCNC(=O)c1ccc2[nH]nc(-c3ncc(COc4ccccc4)[nH]3)c2c1. The van der Waals surface area contributed by atoms with Gasteiger partial charge in [0.15, 0.2) is 5.82 Å². The fraction of sp³-hybridized carbons (Fsp3) is 0.308. The van der Waals surface area contributed by atoms with E-state index in [1.54, 1.807) is 18.3 Å². The van der Waals surface area contributed by atoms with Crippen molar-refractivity contribution in [3.05, 3.63) is 66.0 Å². The molecule has 0 aliphatic rings. The number of carbonyl (C=O) groups excluding carboxylic acids is 2. The van der Waals surface area contributed by atoms with Crippen LogP contribution in [0.1, 0.15) is 42.2 Å². The molecule has 10 nitrogen and oxygen atoms in total. The van der Waals surface area contributed by atoms with Crippen LogP contribution in [0.4, 0.5) is 4.79 Å². The number of carbonyl (C=O) groups is 2. The van der Waals surface area contributed by atoms with Gasteiger partial charge in [-0.15, -0.1) is 0 Å². The van der Waals surface area contributed by atoms with Gasteiger partial charge in [-0.1, -0.05) is 31.5 Å². The van der Waals surface area contributed by atoms with Crippen molar-refractivity contribution in [1.29, 1.82) is 0 Å². The number of nitrogens with one attached hydrogen (secondary N) is 4. The second-order valence-electron chi connectivity index (χ2n) is 8.22. The van der Waals surface area contributed by atoms with Gasteiger partial charge in [0.1, 0.15) is 18.1 Å². The lowest BCUT2D eigenvalue weighted by molar-refractivity contribution is 0.0953. The Bertz CT molecular complexity index is 1280. The number of unbranched alkanes of at least 4 members (excludes halogenated alkanes) is 1. The largest absolute Gasteiger partial charge is 0.487 e. The van der Waals surface area contributed by atoms with E-state index in [4.69, 9.17) is 9.47 Å². The molecule has 0 spiro atoms. The molecule has 0 bridgehead atoms. The number of ether oxygens (including phenoxy) is 2. The predicted molar refractivity (Wildman–Crippen MR) is 136 cm³/mol. The van der Waals surface area contributed by atoms with Gasteiger partial charge >= 0.3 is 6.09 Å². The number of amides is 2. The molecule has 2 amide bonds. The smallest absolute Gasteiger partial charge is 0.407 e. The molecule has 4 N–H and O–H groups in total. The average Bonchev–Trinajstić information content (AvgIpc) is 3.54. The Morgan fingerprint density at radius 3 is 2.69 bits per heavy atom. The Morgan fingerprint density at radius 1 is 1.03 bits per heavy atom. The van der Waals surface area contributed by atoms with Gasteiger partial charge < -0.3 is 25.1 Å². The van der Waals surface area contributed by atoms with E-state index in [-0.39, 0.29) is 5.91 Å². The van der Waals surface area contributed by atoms with Crippen molar-refractivity contribution in [2.45, 2.75) is 32.8 Å². The lowest BCUT2D eigenvalue weighted by Gasteiger charge is -2.08. The zero-order chi connectivity index (χ0) is 25.2. The van der Waals surface area contributed by atoms with E-state index in [2.05, 4.69) is 30.8 Å². The molecule has 4 aromatic rings. The first-order valence-corrected chi connectivity index (χ1v) is 12.0. The van der Waals surface area contributed by atoms with E-state index in [9.17, 15) is 9.59 Å². The minimum atomic E-state index is -0.430. The van der Waals surface area contributed by atoms with Crippen molar-refractivity contribution in [2.24, 2.45) is 0 Å². The minimum Gasteiger partial charge on any atom is -0.487 e. The first-order chi connectivity index (χ1) is 17.6. The summed E-state index contributed by atoms with van der Waals surface area (Å²) < 4.78 is 10.8. The van der Waals surface area contributed by atoms with Gasteiger partial charge in [-0.25, -0.2) is 9.78 Å². The summed E-state index contributed by atoms with van der Waals surface area (Å²) in [6, 6.07) is 14.9. The molecule has 0 atom stereocenters. The molecule has 10 heteroatoms. The lowest BCUT2D eigenvalue weighted by Crippen LogP contribution is -2.30. The molecular formula is C26H30N6O4. The Morgan fingerprint density at radius 2 is 1.86 bits per heavy atom. The standard InChI is InChI=1S/C26H30N6O4/c1-2-3-14-35-26(34)28-13-7-12-27-25(33)18-10-11-22-21(15-18)23(32-31-22)24-29-16-19(30-24)17-36-20-8-5-4-6-9-20/h4-6,8-11,15-16H,2-3,7,12-14,17H2,1H3,(H,27,33)(H,28,34)(H,29,30)(H,31,32). The molecule has 0 unspecified atom stereocenters. The fourth-order valence-corrected chi connectivity index (χ4v) is 3.51. The average molecular weight is 491 g/mol. The number of nitrogens with zero attached hydrogens (tertiary/aromatic N) is 2. The Kier molecular flexibility index (Phi) is 8.53. The molecule has 2 aromatic carbocycles. The number of imidazole rings is 1. The molecule has 2 aromatic heterocycles. The normalized spacial score (nSPS) is 10.8. The lowest BCUT2D eigenvalue weighted by atomic mass is 10.1. The molecule has 0 aliphatic carbocycles. The van der Waals surface area contributed by atoms with Crippen molar-refractivity contribution < 1.29 is 19.1 Å². The molecule has 2 heterocycles. The molecule has 0 fully saturated rings. The summed E-state index contributed by atoms with van der Waals surface area (Å²) in [5.41, 5.74) is 2.74. The molecule has 4 rings (SSSR count). The highest BCUT2D eigenvalue weighted by atomic mass is 16.5. The van der Waals surface area contributed by atoms with Crippen LogP contribution >= 0.6 is 0 Å². The second kappa shape index (κ2) is 12.4. The number of H-pyrrole nitrogens is 2. The van der Waals surface area contributed by atoms with Gasteiger partial charge in [0.25, 0.3) is 5.91 Å². The van der Waals surface area contributed by atoms with Crippen molar-refractivity contribution >= 4 is 22.9 Å². The van der Waals surface area contributed by atoms with Gasteiger partial charge in [0.2, 0.25) is 0 Å². The molecule has 0 radical (unpaired) electrons. The molecule has 0 aliphatic heterocycles. The van der Waals surface area contributed by atoms with Crippen molar-refractivity contribution in [3.8, 4) is 17.3 Å². The Hall–Kier alpha value is -4.34. The van der Waals surface area contributed by atoms with Crippen LogP contribution in [0.15, 0.2) is 54.7 Å². The summed E-state index contributed by atoms with van der Waals surface area (Å²) in [5, 5.41) is 13.7. The van der Waals surface area contributed by atoms with Crippen LogP contribution in [0.2, 0.25) is 0 Å². The first-order valence-electron chi connectivity index (χ1n) is 12.0. The van der Waals surface area contributed by atoms with Crippen molar-refractivity contribution in [3.63, 3.8) is 0 Å². The first kappa shape index (κ1) is 24.8. The molecule has 0 saturated heterocycles. The van der Waals surface area contributed by atoms with E-state index in [0.717, 1.165) is 35.2 Å². The zero-order valence-corrected chi connectivity index (χ0v) is 20.2. The number of hydrogen-bond donors (Lipinski definition) is 4. The van der Waals surface area contributed by atoms with E-state index in [0.29, 0.717) is 49.8 Å². The maximum absolute atomic E-state index is 12.7. The van der Waals surface area contributed by atoms with Gasteiger partial charge in [-0.2, -0.15) is 5.10 Å². The highest BCUT2D eigenvalue weighted by molar-refractivity contribution is 6.00. The summed E-state index contributed by atoms with van der Waals surface area (Å²) in [6.45, 7) is 3.64. The van der Waals surface area contributed by atoms with Crippen LogP contribution in [0.25, 0.3) is 22.4 Å². The fourth-order valence-electron chi connectivity index (χ4n) is 3.51. The molecular weight excluding hydrogens is 460 g/mol. The summed E-state index contributed by atoms with van der Waals surface area (Å²) in [7, 11) is 0. The van der Waals surface area contributed by atoms with Gasteiger partial charge in [-0.05, 0) is 43.2 Å². The topological polar surface area (TPSA) is 134 Å². The summed E-state index contributed by atoms with van der Waals surface area (Å²) in [5.74, 6) is 1.16. The maximum Gasteiger partial charge on any atom is 0.407 e. The molecule has 0 saturated carbocycles. The van der Waals surface area contributed by atoms with Gasteiger partial charge in [0.05, 0.1) is 24.0 Å². The van der Waals surface area contributed by atoms with Crippen molar-refractivity contribution in [1.82, 2.24) is 30.8 Å². The number of benzene rings is 2. The summed E-state index contributed by atoms with van der Waals surface area (Å²) >= 11 is 0. The third-order valence-corrected chi connectivity index (χ3v) is 5.45. The Labute approximate surface area is 208 Å². The number of aromatic nitrogens is 4. The minimum absolute atomic E-state index is 0.203. The van der Waals surface area contributed by atoms with Crippen molar-refractivity contribution in [2.75, 3.05) is 19.7 Å². The van der Waals surface area contributed by atoms with Crippen LogP contribution in [0, 0.1) is 0 Å². The van der Waals surface area contributed by atoms with E-state index in [1.165, 1.54) is 0 Å². The van der Waals surface area contributed by atoms with E-state index in [1.807, 2.05) is 43.3 Å². The predicted octanol–water partition coefficient (Wildman–Crippen LogP) is 4.18. The second-order valence-corrected chi connectivity index (χ2v) is 8.22. The van der Waals surface area contributed by atoms with Crippen LogP contribution in [0.3, 0.4) is 0 Å². The van der Waals surface area contributed by atoms with Crippen LogP contribution in [0.5, 0.6) is 5.75 Å². The van der Waals surface area contributed by atoms with Crippen LogP contribution in [-0.2, 0) is 11.3 Å².